The van der Waals surface area contributed by atoms with E-state index in [-0.39, 0.29) is 12.5 Å². The number of hydrogen-bond donors (Lipinski definition) is 2. The zero-order valence-corrected chi connectivity index (χ0v) is 14.2. The van der Waals surface area contributed by atoms with Crippen molar-refractivity contribution < 1.29 is 5.11 Å². The lowest BCUT2D eigenvalue weighted by Crippen LogP contribution is -2.26. The monoisotopic (exact) mass is 320 g/mol. The van der Waals surface area contributed by atoms with E-state index in [0.29, 0.717) is 0 Å². The van der Waals surface area contributed by atoms with Gasteiger partial charge in [0.05, 0.1) is 5.69 Å². The fourth-order valence-electron chi connectivity index (χ4n) is 2.17. The number of anilines is 1. The number of pyridine rings is 1. The highest BCUT2D eigenvalue weighted by Crippen LogP contribution is 2.24. The summed E-state index contributed by atoms with van der Waals surface area (Å²) >= 11 is 1.71. The minimum Gasteiger partial charge on any atom is -0.396 e. The molecular weight excluding hydrogens is 296 g/mol. The molecule has 0 bridgehead atoms. The van der Waals surface area contributed by atoms with Crippen molar-refractivity contribution in [3.05, 3.63) is 40.7 Å². The predicted octanol–water partition coefficient (Wildman–Crippen LogP) is 1.85. The average Bonchev–Trinajstić information content (AvgIpc) is 2.89. The molecule has 2 aromatic heterocycles. The number of aliphatic hydroxyl groups excluding tert-OH is 1. The van der Waals surface area contributed by atoms with Crippen molar-refractivity contribution in [3.8, 4) is 0 Å². The maximum absolute atomic E-state index is 9.53. The van der Waals surface area contributed by atoms with Gasteiger partial charge in [0.2, 0.25) is 0 Å². The van der Waals surface area contributed by atoms with Crippen LogP contribution >= 0.6 is 11.3 Å². The Morgan fingerprint density at radius 1 is 1.36 bits per heavy atom. The molecule has 0 aliphatic carbocycles. The molecule has 5 nitrogen and oxygen atoms in total. The molecule has 0 spiro atoms. The SMILES string of the molecule is Cc1nc(N(C)C)sc1CNCC(CO)Cc1ccccn1. The Morgan fingerprint density at radius 3 is 2.77 bits per heavy atom. The van der Waals surface area contributed by atoms with E-state index in [1.54, 1.807) is 17.5 Å². The molecule has 2 N–H and O–H groups in total. The summed E-state index contributed by atoms with van der Waals surface area (Å²) in [5.74, 6) is 0.177. The molecule has 2 rings (SSSR count). The molecule has 120 valence electrons. The Hall–Kier alpha value is -1.50. The fraction of sp³-hybridized carbons (Fsp3) is 0.500. The second-order valence-corrected chi connectivity index (χ2v) is 6.67. The Bertz CT molecular complexity index is 571. The molecule has 0 amide bonds. The summed E-state index contributed by atoms with van der Waals surface area (Å²) in [5, 5.41) is 14.0. The van der Waals surface area contributed by atoms with Crippen molar-refractivity contribution in [1.82, 2.24) is 15.3 Å². The summed E-state index contributed by atoms with van der Waals surface area (Å²) in [5.41, 5.74) is 2.10. The molecule has 22 heavy (non-hydrogen) atoms. The molecule has 6 heteroatoms. The summed E-state index contributed by atoms with van der Waals surface area (Å²) in [6.07, 6.45) is 2.58. The van der Waals surface area contributed by atoms with Gasteiger partial charge in [0.15, 0.2) is 5.13 Å². The van der Waals surface area contributed by atoms with Gasteiger partial charge in [-0.15, -0.1) is 11.3 Å². The van der Waals surface area contributed by atoms with Gasteiger partial charge in [-0.1, -0.05) is 6.07 Å². The molecule has 0 fully saturated rings. The van der Waals surface area contributed by atoms with Crippen molar-refractivity contribution in [2.24, 2.45) is 5.92 Å². The fourth-order valence-corrected chi connectivity index (χ4v) is 3.13. The molecule has 0 radical (unpaired) electrons. The first-order valence-electron chi connectivity index (χ1n) is 7.45. The summed E-state index contributed by atoms with van der Waals surface area (Å²) in [6.45, 7) is 3.75. The summed E-state index contributed by atoms with van der Waals surface area (Å²) < 4.78 is 0. The third kappa shape index (κ3) is 4.76. The van der Waals surface area contributed by atoms with Crippen molar-refractivity contribution >= 4 is 16.5 Å². The van der Waals surface area contributed by atoms with Crippen LogP contribution in [-0.4, -0.2) is 42.3 Å². The largest absolute Gasteiger partial charge is 0.396 e. The second kappa shape index (κ2) is 8.22. The van der Waals surface area contributed by atoms with Crippen LogP contribution in [0.3, 0.4) is 0 Å². The zero-order chi connectivity index (χ0) is 15.9. The lowest BCUT2D eigenvalue weighted by atomic mass is 10.0. The minimum atomic E-state index is 0.161. The van der Waals surface area contributed by atoms with Crippen LogP contribution in [0.4, 0.5) is 5.13 Å². The van der Waals surface area contributed by atoms with Gasteiger partial charge in [0.1, 0.15) is 0 Å². The Balaban J connectivity index is 1.84. The van der Waals surface area contributed by atoms with Crippen LogP contribution in [0.25, 0.3) is 0 Å². The highest BCUT2D eigenvalue weighted by molar-refractivity contribution is 7.15. The zero-order valence-electron chi connectivity index (χ0n) is 13.4. The molecule has 0 saturated carbocycles. The Kier molecular flexibility index (Phi) is 6.30. The maximum Gasteiger partial charge on any atom is 0.185 e. The van der Waals surface area contributed by atoms with Crippen molar-refractivity contribution in [2.75, 3.05) is 32.1 Å². The molecule has 2 aromatic rings. The minimum absolute atomic E-state index is 0.161. The average molecular weight is 320 g/mol. The first-order chi connectivity index (χ1) is 10.6. The van der Waals surface area contributed by atoms with E-state index in [2.05, 4.69) is 15.3 Å². The molecule has 2 heterocycles. The molecule has 0 aliphatic heterocycles. The molecule has 1 atom stereocenters. The van der Waals surface area contributed by atoms with Gasteiger partial charge < -0.3 is 15.3 Å². The number of nitrogens with zero attached hydrogens (tertiary/aromatic N) is 3. The van der Waals surface area contributed by atoms with E-state index >= 15 is 0 Å². The summed E-state index contributed by atoms with van der Waals surface area (Å²) in [6, 6.07) is 5.89. The number of aryl methyl sites for hydroxylation is 1. The molecule has 1 unspecified atom stereocenters. The van der Waals surface area contributed by atoms with Gasteiger partial charge in [-0.25, -0.2) is 4.98 Å². The normalized spacial score (nSPS) is 12.4. The third-order valence-corrected chi connectivity index (χ3v) is 4.79. The molecular formula is C16H24N4OS. The van der Waals surface area contributed by atoms with Gasteiger partial charge in [-0.2, -0.15) is 0 Å². The van der Waals surface area contributed by atoms with Crippen molar-refractivity contribution in [2.45, 2.75) is 19.9 Å². The predicted molar refractivity (Wildman–Crippen MR) is 91.4 cm³/mol. The lowest BCUT2D eigenvalue weighted by Gasteiger charge is -2.14. The highest BCUT2D eigenvalue weighted by atomic mass is 32.1. The van der Waals surface area contributed by atoms with Gasteiger partial charge >= 0.3 is 0 Å². The van der Waals surface area contributed by atoms with Crippen LogP contribution in [-0.2, 0) is 13.0 Å². The van der Waals surface area contributed by atoms with E-state index in [1.165, 1.54) is 4.88 Å². The lowest BCUT2D eigenvalue weighted by molar-refractivity contribution is 0.221. The second-order valence-electron chi connectivity index (χ2n) is 5.60. The number of thiazole rings is 1. The summed E-state index contributed by atoms with van der Waals surface area (Å²) in [4.78, 5) is 12.1. The maximum atomic E-state index is 9.53. The van der Waals surface area contributed by atoms with Gasteiger partial charge in [-0.3, -0.25) is 4.98 Å². The van der Waals surface area contributed by atoms with Gasteiger partial charge in [0, 0.05) is 50.6 Å². The van der Waals surface area contributed by atoms with E-state index in [9.17, 15) is 5.11 Å². The smallest absolute Gasteiger partial charge is 0.185 e. The first-order valence-corrected chi connectivity index (χ1v) is 8.27. The number of rotatable bonds is 8. The third-order valence-electron chi connectivity index (χ3n) is 3.46. The topological polar surface area (TPSA) is 61.3 Å². The first kappa shape index (κ1) is 16.9. The Morgan fingerprint density at radius 2 is 2.18 bits per heavy atom. The number of aromatic nitrogens is 2. The van der Waals surface area contributed by atoms with E-state index in [4.69, 9.17) is 0 Å². The number of aliphatic hydroxyl groups is 1. The summed E-state index contributed by atoms with van der Waals surface area (Å²) in [7, 11) is 4.01. The standard InChI is InChI=1S/C16H24N4OS/c1-12-15(22-16(19-12)20(2)3)10-17-9-13(11-21)8-14-6-4-5-7-18-14/h4-7,13,17,21H,8-11H2,1-3H3. The van der Waals surface area contributed by atoms with E-state index in [1.807, 2.05) is 44.1 Å². The molecule has 0 aliphatic rings. The molecule has 0 aromatic carbocycles. The van der Waals surface area contributed by atoms with Crippen molar-refractivity contribution in [1.29, 1.82) is 0 Å². The van der Waals surface area contributed by atoms with Crippen molar-refractivity contribution in [3.63, 3.8) is 0 Å². The van der Waals surface area contributed by atoms with Crippen LogP contribution in [0.1, 0.15) is 16.3 Å². The van der Waals surface area contributed by atoms with Crippen LogP contribution in [0.15, 0.2) is 24.4 Å². The van der Waals surface area contributed by atoms with Crippen LogP contribution in [0.2, 0.25) is 0 Å². The van der Waals surface area contributed by atoms with E-state index in [0.717, 1.165) is 36.0 Å². The van der Waals surface area contributed by atoms with Crippen LogP contribution in [0, 0.1) is 12.8 Å². The van der Waals surface area contributed by atoms with Gasteiger partial charge in [0.25, 0.3) is 0 Å². The van der Waals surface area contributed by atoms with Crippen LogP contribution < -0.4 is 10.2 Å². The molecule has 0 saturated heterocycles. The Labute approximate surface area is 136 Å². The van der Waals surface area contributed by atoms with Gasteiger partial charge in [-0.05, 0) is 31.4 Å². The number of hydrogen-bond acceptors (Lipinski definition) is 6. The highest BCUT2D eigenvalue weighted by Gasteiger charge is 2.12. The van der Waals surface area contributed by atoms with Crippen LogP contribution in [0.5, 0.6) is 0 Å². The van der Waals surface area contributed by atoms with E-state index < -0.39 is 0 Å². The quantitative estimate of drug-likeness (QED) is 0.777. The number of nitrogens with one attached hydrogen (secondary N) is 1.